The van der Waals surface area contributed by atoms with Crippen molar-refractivity contribution in [1.82, 2.24) is 15.4 Å². The first-order valence-electron chi connectivity index (χ1n) is 6.66. The minimum absolute atomic E-state index is 0.157. The highest BCUT2D eigenvalue weighted by atomic mass is 32.2. The highest BCUT2D eigenvalue weighted by Gasteiger charge is 2.06. The number of amides is 1. The minimum Gasteiger partial charge on any atom is -0.333 e. The second-order valence-corrected chi connectivity index (χ2v) is 6.87. The number of nitrogens with zero attached hydrogens (tertiary/aromatic N) is 2. The van der Waals surface area contributed by atoms with E-state index in [4.69, 9.17) is 0 Å². The quantitative estimate of drug-likeness (QED) is 0.429. The van der Waals surface area contributed by atoms with Crippen LogP contribution in [0, 0.1) is 6.92 Å². The number of rotatable bonds is 5. The molecular weight excluding hydrogens is 316 g/mol. The number of para-hydroxylation sites is 2. The van der Waals surface area contributed by atoms with Gasteiger partial charge in [-0.15, -0.1) is 11.3 Å². The number of nitrogens with one attached hydrogen (secondary N) is 2. The molecule has 0 saturated carbocycles. The van der Waals surface area contributed by atoms with Crippen LogP contribution in [-0.4, -0.2) is 27.8 Å². The lowest BCUT2D eigenvalue weighted by molar-refractivity contribution is -0.118. The Morgan fingerprint density at radius 3 is 3.05 bits per heavy atom. The van der Waals surface area contributed by atoms with Crippen LogP contribution in [0.3, 0.4) is 0 Å². The zero-order valence-electron chi connectivity index (χ0n) is 11.9. The van der Waals surface area contributed by atoms with Crippen LogP contribution in [0.4, 0.5) is 0 Å². The maximum atomic E-state index is 11.7. The SMILES string of the molecule is Cc1ccc(/C=N/NC(=O)CSc2nc3ccccc3[nH]2)s1. The molecule has 2 N–H and O–H groups in total. The average molecular weight is 330 g/mol. The highest BCUT2D eigenvalue weighted by Crippen LogP contribution is 2.18. The predicted molar refractivity (Wildman–Crippen MR) is 91.6 cm³/mol. The van der Waals surface area contributed by atoms with E-state index < -0.39 is 0 Å². The van der Waals surface area contributed by atoms with Gasteiger partial charge in [0.15, 0.2) is 5.16 Å². The first-order valence-corrected chi connectivity index (χ1v) is 8.47. The Kier molecular flexibility index (Phi) is 4.55. The number of H-pyrrole nitrogens is 1. The first-order chi connectivity index (χ1) is 10.7. The van der Waals surface area contributed by atoms with Crippen molar-refractivity contribution in [2.75, 3.05) is 5.75 Å². The number of aryl methyl sites for hydroxylation is 1. The fourth-order valence-corrected chi connectivity index (χ4v) is 3.28. The van der Waals surface area contributed by atoms with E-state index >= 15 is 0 Å². The molecule has 3 rings (SSSR count). The molecule has 0 aliphatic carbocycles. The van der Waals surface area contributed by atoms with E-state index in [0.717, 1.165) is 21.1 Å². The van der Waals surface area contributed by atoms with Crippen molar-refractivity contribution in [3.8, 4) is 0 Å². The summed E-state index contributed by atoms with van der Waals surface area (Å²) < 4.78 is 0. The van der Waals surface area contributed by atoms with Gasteiger partial charge in [-0.3, -0.25) is 4.79 Å². The van der Waals surface area contributed by atoms with E-state index in [2.05, 4.69) is 20.5 Å². The second kappa shape index (κ2) is 6.76. The molecule has 0 atom stereocenters. The third-order valence-corrected chi connectivity index (χ3v) is 4.66. The van der Waals surface area contributed by atoms with Crippen LogP contribution in [0.5, 0.6) is 0 Å². The molecule has 0 saturated heterocycles. The molecule has 0 radical (unpaired) electrons. The van der Waals surface area contributed by atoms with Crippen molar-refractivity contribution >= 4 is 46.3 Å². The van der Waals surface area contributed by atoms with Crippen LogP contribution in [0.1, 0.15) is 9.75 Å². The molecule has 0 aliphatic heterocycles. The number of imidazole rings is 1. The van der Waals surface area contributed by atoms with E-state index in [0.29, 0.717) is 0 Å². The van der Waals surface area contributed by atoms with E-state index in [9.17, 15) is 4.79 Å². The van der Waals surface area contributed by atoms with Gasteiger partial charge >= 0.3 is 0 Å². The van der Waals surface area contributed by atoms with Gasteiger partial charge in [-0.1, -0.05) is 23.9 Å². The van der Waals surface area contributed by atoms with E-state index in [1.165, 1.54) is 16.6 Å². The fourth-order valence-electron chi connectivity index (χ4n) is 1.85. The molecule has 3 aromatic rings. The molecular formula is C15H14N4OS2. The Bertz CT molecular complexity index is 789. The lowest BCUT2D eigenvalue weighted by atomic mass is 10.3. The summed E-state index contributed by atoms with van der Waals surface area (Å²) in [6.07, 6.45) is 1.65. The van der Waals surface area contributed by atoms with E-state index in [-0.39, 0.29) is 11.7 Å². The number of thiophene rings is 1. The van der Waals surface area contributed by atoms with Crippen LogP contribution in [0.15, 0.2) is 46.7 Å². The zero-order chi connectivity index (χ0) is 15.4. The number of fused-ring (bicyclic) bond motifs is 1. The molecule has 112 valence electrons. The maximum absolute atomic E-state index is 11.7. The van der Waals surface area contributed by atoms with Gasteiger partial charge in [-0.05, 0) is 31.2 Å². The van der Waals surface area contributed by atoms with Crippen molar-refractivity contribution in [2.45, 2.75) is 12.1 Å². The van der Waals surface area contributed by atoms with Crippen molar-refractivity contribution in [3.05, 3.63) is 46.2 Å². The second-order valence-electron chi connectivity index (χ2n) is 4.59. The number of hydrazone groups is 1. The Labute approximate surface area is 135 Å². The molecule has 2 heterocycles. The van der Waals surface area contributed by atoms with Gasteiger partial charge in [0.25, 0.3) is 5.91 Å². The van der Waals surface area contributed by atoms with Crippen LogP contribution in [0.2, 0.25) is 0 Å². The summed E-state index contributed by atoms with van der Waals surface area (Å²) in [5.74, 6) is 0.107. The van der Waals surface area contributed by atoms with E-state index in [1.807, 2.05) is 43.3 Å². The van der Waals surface area contributed by atoms with Crippen LogP contribution in [0.25, 0.3) is 11.0 Å². The monoisotopic (exact) mass is 330 g/mol. The number of aromatic amines is 1. The standard InChI is InChI=1S/C15H14N4OS2/c1-10-6-7-11(22-10)8-16-19-14(20)9-21-15-17-12-4-2-3-5-13(12)18-15/h2-8H,9H2,1H3,(H,17,18)(H,19,20)/b16-8+. The number of hydrogen-bond donors (Lipinski definition) is 2. The number of hydrogen-bond acceptors (Lipinski definition) is 5. The van der Waals surface area contributed by atoms with Gasteiger partial charge in [0.05, 0.1) is 23.0 Å². The zero-order valence-corrected chi connectivity index (χ0v) is 13.5. The van der Waals surface area contributed by atoms with Crippen molar-refractivity contribution in [3.63, 3.8) is 0 Å². The van der Waals surface area contributed by atoms with Gasteiger partial charge in [0.1, 0.15) is 0 Å². The largest absolute Gasteiger partial charge is 0.333 e. The fraction of sp³-hybridized carbons (Fsp3) is 0.133. The topological polar surface area (TPSA) is 70.1 Å². The number of thioether (sulfide) groups is 1. The first kappa shape index (κ1) is 14.8. The van der Waals surface area contributed by atoms with Gasteiger partial charge in [-0.2, -0.15) is 5.10 Å². The maximum Gasteiger partial charge on any atom is 0.250 e. The molecule has 0 bridgehead atoms. The van der Waals surface area contributed by atoms with Crippen LogP contribution >= 0.6 is 23.1 Å². The minimum atomic E-state index is -0.157. The van der Waals surface area contributed by atoms with Crippen molar-refractivity contribution in [1.29, 1.82) is 0 Å². The molecule has 0 fully saturated rings. The van der Waals surface area contributed by atoms with Crippen LogP contribution < -0.4 is 5.43 Å². The summed E-state index contributed by atoms with van der Waals surface area (Å²) in [6.45, 7) is 2.03. The van der Waals surface area contributed by atoms with Crippen LogP contribution in [-0.2, 0) is 4.79 Å². The Balaban J connectivity index is 1.50. The molecule has 5 nitrogen and oxygen atoms in total. The summed E-state index contributed by atoms with van der Waals surface area (Å²) in [5.41, 5.74) is 4.39. The van der Waals surface area contributed by atoms with Gasteiger partial charge in [-0.25, -0.2) is 10.4 Å². The summed E-state index contributed by atoms with van der Waals surface area (Å²) in [6, 6.07) is 11.8. The lowest BCUT2D eigenvalue weighted by Gasteiger charge is -1.97. The Morgan fingerprint density at radius 1 is 1.41 bits per heavy atom. The summed E-state index contributed by atoms with van der Waals surface area (Å²) in [5, 5.41) is 4.68. The molecule has 22 heavy (non-hydrogen) atoms. The smallest absolute Gasteiger partial charge is 0.250 e. The van der Waals surface area contributed by atoms with Crippen molar-refractivity contribution in [2.24, 2.45) is 5.10 Å². The third-order valence-electron chi connectivity index (χ3n) is 2.85. The number of benzene rings is 1. The highest BCUT2D eigenvalue weighted by molar-refractivity contribution is 7.99. The summed E-state index contributed by atoms with van der Waals surface area (Å²) >= 11 is 2.99. The summed E-state index contributed by atoms with van der Waals surface area (Å²) in [7, 11) is 0. The number of carbonyl (C=O) groups excluding carboxylic acids is 1. The van der Waals surface area contributed by atoms with E-state index in [1.54, 1.807) is 17.6 Å². The Morgan fingerprint density at radius 2 is 2.27 bits per heavy atom. The van der Waals surface area contributed by atoms with Gasteiger partial charge in [0, 0.05) is 9.75 Å². The number of aromatic nitrogens is 2. The third kappa shape index (κ3) is 3.75. The molecule has 0 unspecified atom stereocenters. The average Bonchev–Trinajstić information content (AvgIpc) is 3.11. The molecule has 2 aromatic heterocycles. The van der Waals surface area contributed by atoms with Gasteiger partial charge < -0.3 is 4.98 Å². The summed E-state index contributed by atoms with van der Waals surface area (Å²) in [4.78, 5) is 21.6. The lowest BCUT2D eigenvalue weighted by Crippen LogP contribution is -2.19. The number of carbonyl (C=O) groups is 1. The Hall–Kier alpha value is -2.12. The molecule has 1 amide bonds. The molecule has 0 aliphatic rings. The molecule has 7 heteroatoms. The van der Waals surface area contributed by atoms with Gasteiger partial charge in [0.2, 0.25) is 0 Å². The molecule has 0 spiro atoms. The normalized spacial score (nSPS) is 11.3. The molecule has 1 aromatic carbocycles. The van der Waals surface area contributed by atoms with Crippen molar-refractivity contribution < 1.29 is 4.79 Å². The predicted octanol–water partition coefficient (Wildman–Crippen LogP) is 3.18.